The van der Waals surface area contributed by atoms with Crippen molar-refractivity contribution in [1.82, 2.24) is 15.0 Å². The van der Waals surface area contributed by atoms with Crippen molar-refractivity contribution in [2.45, 2.75) is 29.9 Å². The van der Waals surface area contributed by atoms with Crippen LogP contribution in [-0.2, 0) is 9.84 Å². The van der Waals surface area contributed by atoms with Crippen LogP contribution >= 0.6 is 0 Å². The summed E-state index contributed by atoms with van der Waals surface area (Å²) in [5, 5.41) is -0.328. The number of hydrogen-bond donors (Lipinski definition) is 0. The monoisotopic (exact) mass is 369 g/mol. The molecule has 2 aromatic heterocycles. The molecule has 2 heterocycles. The molecule has 132 valence electrons. The van der Waals surface area contributed by atoms with E-state index in [0.717, 1.165) is 0 Å². The minimum atomic E-state index is -3.39. The van der Waals surface area contributed by atoms with Crippen LogP contribution in [0.1, 0.15) is 18.7 Å². The lowest BCUT2D eigenvalue weighted by molar-refractivity contribution is 0.595. The van der Waals surface area contributed by atoms with Crippen LogP contribution in [0.3, 0.4) is 0 Å². The summed E-state index contributed by atoms with van der Waals surface area (Å²) in [6, 6.07) is 7.98. The summed E-state index contributed by atoms with van der Waals surface area (Å²) in [5.41, 5.74) is 1.51. The van der Waals surface area contributed by atoms with E-state index in [1.165, 1.54) is 24.7 Å². The Morgan fingerprint density at radius 3 is 2.31 bits per heavy atom. The Hall–Kier alpha value is -2.67. The minimum absolute atomic E-state index is 0.135. The molecule has 1 saturated carbocycles. The molecule has 0 amide bonds. The van der Waals surface area contributed by atoms with Gasteiger partial charge in [-0.2, -0.15) is 0 Å². The van der Waals surface area contributed by atoms with Crippen LogP contribution in [0.2, 0.25) is 0 Å². The second-order valence-electron chi connectivity index (χ2n) is 6.31. The maximum absolute atomic E-state index is 14.7. The molecule has 0 bridgehead atoms. The number of rotatable bonds is 4. The number of benzene rings is 1. The molecule has 4 rings (SSSR count). The van der Waals surface area contributed by atoms with Crippen LogP contribution in [0.15, 0.2) is 53.8 Å². The van der Waals surface area contributed by atoms with Gasteiger partial charge < -0.3 is 0 Å². The van der Waals surface area contributed by atoms with Crippen molar-refractivity contribution < 1.29 is 12.8 Å². The van der Waals surface area contributed by atoms with E-state index in [0.29, 0.717) is 35.4 Å². The van der Waals surface area contributed by atoms with E-state index >= 15 is 0 Å². The van der Waals surface area contributed by atoms with Gasteiger partial charge in [-0.1, -0.05) is 18.2 Å². The highest BCUT2D eigenvalue weighted by atomic mass is 32.2. The van der Waals surface area contributed by atoms with E-state index in [2.05, 4.69) is 15.0 Å². The van der Waals surface area contributed by atoms with Crippen molar-refractivity contribution in [3.8, 4) is 22.4 Å². The molecule has 26 heavy (non-hydrogen) atoms. The summed E-state index contributed by atoms with van der Waals surface area (Å²) in [5.74, 6) is 0.0403. The maximum Gasteiger partial charge on any atom is 0.181 e. The zero-order chi connectivity index (χ0) is 18.3. The molecule has 0 saturated heterocycles. The van der Waals surface area contributed by atoms with Gasteiger partial charge in [0.2, 0.25) is 0 Å². The van der Waals surface area contributed by atoms with Gasteiger partial charge in [-0.15, -0.1) is 0 Å². The fourth-order valence-corrected chi connectivity index (χ4v) is 4.70. The van der Waals surface area contributed by atoms with Crippen LogP contribution in [0, 0.1) is 12.7 Å². The first-order valence-electron chi connectivity index (χ1n) is 8.24. The number of aromatic nitrogens is 3. The molecule has 1 aromatic carbocycles. The van der Waals surface area contributed by atoms with Gasteiger partial charge in [-0.25, -0.2) is 22.8 Å². The molecular formula is C19H16FN3O2S. The van der Waals surface area contributed by atoms with Crippen molar-refractivity contribution in [2.75, 3.05) is 0 Å². The van der Waals surface area contributed by atoms with Crippen molar-refractivity contribution in [3.63, 3.8) is 0 Å². The molecule has 1 aliphatic carbocycles. The van der Waals surface area contributed by atoms with Gasteiger partial charge >= 0.3 is 0 Å². The Morgan fingerprint density at radius 2 is 1.65 bits per heavy atom. The summed E-state index contributed by atoms with van der Waals surface area (Å²) in [6.07, 6.45) is 5.86. The lowest BCUT2D eigenvalue weighted by Gasteiger charge is -2.11. The van der Waals surface area contributed by atoms with Crippen LogP contribution < -0.4 is 0 Å². The van der Waals surface area contributed by atoms with E-state index < -0.39 is 15.7 Å². The van der Waals surface area contributed by atoms with Crippen LogP contribution in [0.5, 0.6) is 0 Å². The van der Waals surface area contributed by atoms with Gasteiger partial charge in [-0.3, -0.25) is 4.98 Å². The number of halogens is 1. The summed E-state index contributed by atoms with van der Waals surface area (Å²) in [6.45, 7) is 1.74. The molecule has 0 radical (unpaired) electrons. The van der Waals surface area contributed by atoms with Gasteiger partial charge in [0, 0.05) is 35.3 Å². The van der Waals surface area contributed by atoms with Crippen LogP contribution in [0.4, 0.5) is 4.39 Å². The first-order valence-corrected chi connectivity index (χ1v) is 9.79. The first-order chi connectivity index (χ1) is 12.5. The molecule has 0 unspecified atom stereocenters. The molecule has 0 atom stereocenters. The average Bonchev–Trinajstić information content (AvgIpc) is 3.48. The average molecular weight is 369 g/mol. The second kappa shape index (κ2) is 6.25. The van der Waals surface area contributed by atoms with Crippen molar-refractivity contribution in [2.24, 2.45) is 0 Å². The predicted molar refractivity (Wildman–Crippen MR) is 95.6 cm³/mol. The maximum atomic E-state index is 14.7. The number of sulfone groups is 1. The van der Waals surface area contributed by atoms with Crippen molar-refractivity contribution in [3.05, 3.63) is 60.6 Å². The van der Waals surface area contributed by atoms with Gasteiger partial charge in [0.1, 0.15) is 17.3 Å². The summed E-state index contributed by atoms with van der Waals surface area (Å²) < 4.78 is 40.0. The zero-order valence-electron chi connectivity index (χ0n) is 14.1. The summed E-state index contributed by atoms with van der Waals surface area (Å²) >= 11 is 0. The van der Waals surface area contributed by atoms with E-state index in [4.69, 9.17) is 0 Å². The zero-order valence-corrected chi connectivity index (χ0v) is 14.9. The molecule has 1 fully saturated rings. The quantitative estimate of drug-likeness (QED) is 0.703. The Labute approximate surface area is 150 Å². The normalized spacial score (nSPS) is 14.4. The number of pyridine rings is 1. The number of nitrogens with zero attached hydrogens (tertiary/aromatic N) is 3. The van der Waals surface area contributed by atoms with E-state index in [-0.39, 0.29) is 15.8 Å². The molecule has 7 heteroatoms. The third-order valence-corrected chi connectivity index (χ3v) is 6.68. The van der Waals surface area contributed by atoms with Crippen LogP contribution in [-0.4, -0.2) is 28.6 Å². The third-order valence-electron chi connectivity index (χ3n) is 4.36. The lowest BCUT2D eigenvalue weighted by atomic mass is 10.1. The molecule has 5 nitrogen and oxygen atoms in total. The number of aryl methyl sites for hydroxylation is 1. The minimum Gasteiger partial charge on any atom is -0.252 e. The first kappa shape index (κ1) is 16.8. The summed E-state index contributed by atoms with van der Waals surface area (Å²) in [7, 11) is -3.39. The third kappa shape index (κ3) is 2.99. The predicted octanol–water partition coefficient (Wildman–Crippen LogP) is 3.59. The molecular weight excluding hydrogens is 353 g/mol. The highest BCUT2D eigenvalue weighted by Gasteiger charge is 2.38. The van der Waals surface area contributed by atoms with Gasteiger partial charge in [0.25, 0.3) is 0 Å². The Kier molecular flexibility index (Phi) is 4.03. The fraction of sp³-hybridized carbons (Fsp3) is 0.211. The Bertz CT molecular complexity index is 1080. The van der Waals surface area contributed by atoms with Crippen molar-refractivity contribution in [1.29, 1.82) is 0 Å². The molecule has 0 N–H and O–H groups in total. The van der Waals surface area contributed by atoms with E-state index in [1.807, 2.05) is 0 Å². The number of hydrogen-bond acceptors (Lipinski definition) is 5. The highest BCUT2D eigenvalue weighted by molar-refractivity contribution is 7.92. The largest absolute Gasteiger partial charge is 0.252 e. The van der Waals surface area contributed by atoms with Gasteiger partial charge in [0.05, 0.1) is 10.1 Å². The Morgan fingerprint density at radius 1 is 1.00 bits per heavy atom. The van der Waals surface area contributed by atoms with E-state index in [9.17, 15) is 12.8 Å². The molecule has 3 aromatic rings. The summed E-state index contributed by atoms with van der Waals surface area (Å²) in [4.78, 5) is 12.5. The molecule has 0 aliphatic heterocycles. The molecule has 0 spiro atoms. The van der Waals surface area contributed by atoms with Crippen molar-refractivity contribution >= 4 is 9.84 Å². The standard InChI is InChI=1S/C19H16FN3O2S/c1-12-21-10-14(11-22-12)19-17(20)8-13(9-23-19)16-4-2-3-5-18(16)26(24,25)15-6-7-15/h2-5,8-11,15H,6-7H2,1H3. The van der Waals surface area contributed by atoms with Gasteiger partial charge in [-0.05, 0) is 31.9 Å². The lowest BCUT2D eigenvalue weighted by Crippen LogP contribution is -2.08. The second-order valence-corrected chi connectivity index (χ2v) is 8.51. The fourth-order valence-electron chi connectivity index (χ4n) is 2.82. The SMILES string of the molecule is Cc1ncc(-c2ncc(-c3ccccc3S(=O)(=O)C3CC3)cc2F)cn1. The Balaban J connectivity index is 1.78. The van der Waals surface area contributed by atoms with Gasteiger partial charge in [0.15, 0.2) is 9.84 Å². The highest BCUT2D eigenvalue weighted by Crippen LogP contribution is 2.38. The van der Waals surface area contributed by atoms with Crippen LogP contribution in [0.25, 0.3) is 22.4 Å². The smallest absolute Gasteiger partial charge is 0.181 e. The molecule has 1 aliphatic rings. The van der Waals surface area contributed by atoms with E-state index in [1.54, 1.807) is 31.2 Å². The topological polar surface area (TPSA) is 72.8 Å².